The summed E-state index contributed by atoms with van der Waals surface area (Å²) < 4.78 is 30.4. The van der Waals surface area contributed by atoms with Crippen LogP contribution in [0, 0.1) is 13.8 Å². The Labute approximate surface area is 254 Å². The van der Waals surface area contributed by atoms with Crippen LogP contribution in [0.4, 0.5) is 11.6 Å². The van der Waals surface area contributed by atoms with Gasteiger partial charge in [0.1, 0.15) is 16.3 Å². The zero-order chi connectivity index (χ0) is 30.3. The van der Waals surface area contributed by atoms with Crippen LogP contribution in [0.5, 0.6) is 0 Å². The molecule has 0 radical (unpaired) electrons. The van der Waals surface area contributed by atoms with Crippen molar-refractivity contribution in [2.75, 3.05) is 55.6 Å². The number of rotatable bonds is 6. The lowest BCUT2D eigenvalue weighted by molar-refractivity contribution is -0.132. The van der Waals surface area contributed by atoms with Crippen LogP contribution >= 0.6 is 11.3 Å². The second kappa shape index (κ2) is 11.7. The van der Waals surface area contributed by atoms with E-state index in [9.17, 15) is 18.0 Å². The van der Waals surface area contributed by atoms with Gasteiger partial charge in [-0.2, -0.15) is 4.31 Å². The number of anilines is 2. The summed E-state index contributed by atoms with van der Waals surface area (Å²) in [5.74, 6) is 0.355. The number of hydrogen-bond acceptors (Lipinski definition) is 10. The summed E-state index contributed by atoms with van der Waals surface area (Å²) in [7, 11) is -3.99. The van der Waals surface area contributed by atoms with E-state index in [0.29, 0.717) is 48.4 Å². The van der Waals surface area contributed by atoms with Crippen molar-refractivity contribution in [3.05, 3.63) is 69.8 Å². The second-order valence-electron chi connectivity index (χ2n) is 11.0. The fourth-order valence-corrected chi connectivity index (χ4v) is 8.89. The van der Waals surface area contributed by atoms with Gasteiger partial charge >= 0.3 is 0 Å². The molecule has 0 spiro atoms. The predicted molar refractivity (Wildman–Crippen MR) is 166 cm³/mol. The van der Waals surface area contributed by atoms with Gasteiger partial charge in [-0.05, 0) is 39.0 Å². The van der Waals surface area contributed by atoms with Crippen LogP contribution in [0.2, 0.25) is 0 Å². The molecule has 0 saturated carbocycles. The highest BCUT2D eigenvalue weighted by Crippen LogP contribution is 2.33. The van der Waals surface area contributed by atoms with Gasteiger partial charge in [0.25, 0.3) is 5.56 Å². The van der Waals surface area contributed by atoms with Gasteiger partial charge in [-0.15, -0.1) is 11.3 Å². The minimum Gasteiger partial charge on any atom is -0.365 e. The molecule has 0 N–H and O–H groups in total. The molecule has 2 saturated heterocycles. The molecule has 0 bridgehead atoms. The maximum absolute atomic E-state index is 13.9. The average Bonchev–Trinajstić information content (AvgIpc) is 3.37. The third-order valence-electron chi connectivity index (χ3n) is 8.12. The fourth-order valence-electron chi connectivity index (χ4n) is 5.80. The predicted octanol–water partition coefficient (Wildman–Crippen LogP) is 2.11. The van der Waals surface area contributed by atoms with Gasteiger partial charge in [0.15, 0.2) is 0 Å². The molecule has 2 aliphatic rings. The van der Waals surface area contributed by atoms with E-state index in [1.807, 2.05) is 4.90 Å². The van der Waals surface area contributed by atoms with Gasteiger partial charge in [-0.25, -0.2) is 23.4 Å². The lowest BCUT2D eigenvalue weighted by atomic mass is 10.1. The molecule has 2 fully saturated rings. The molecule has 3 aromatic heterocycles. The molecule has 5 heterocycles. The monoisotopic (exact) mass is 622 g/mol. The maximum atomic E-state index is 13.9. The lowest BCUT2D eigenvalue weighted by Gasteiger charge is -2.41. The van der Waals surface area contributed by atoms with E-state index in [4.69, 9.17) is 0 Å². The third-order valence-corrected chi connectivity index (χ3v) is 11.3. The zero-order valence-electron chi connectivity index (χ0n) is 24.4. The molecule has 1 aromatic carbocycles. The number of aromatic nitrogens is 4. The summed E-state index contributed by atoms with van der Waals surface area (Å²) in [6.45, 7) is 8.67. The van der Waals surface area contributed by atoms with Crippen molar-refractivity contribution in [2.24, 2.45) is 0 Å². The highest BCUT2D eigenvalue weighted by Gasteiger charge is 2.35. The van der Waals surface area contributed by atoms with Crippen LogP contribution in [-0.2, 0) is 21.4 Å². The van der Waals surface area contributed by atoms with E-state index < -0.39 is 15.6 Å². The van der Waals surface area contributed by atoms with Crippen molar-refractivity contribution in [1.29, 1.82) is 0 Å². The van der Waals surface area contributed by atoms with Crippen LogP contribution in [0.15, 0.2) is 58.7 Å². The van der Waals surface area contributed by atoms with E-state index >= 15 is 0 Å². The number of amides is 1. The lowest BCUT2D eigenvalue weighted by Crippen LogP contribution is -2.54. The van der Waals surface area contributed by atoms with Crippen molar-refractivity contribution in [1.82, 2.24) is 28.7 Å². The van der Waals surface area contributed by atoms with Crippen LogP contribution in [0.25, 0.3) is 10.2 Å². The summed E-state index contributed by atoms with van der Waals surface area (Å²) in [5, 5.41) is 0.0455. The minimum absolute atomic E-state index is 0.0171. The van der Waals surface area contributed by atoms with E-state index in [1.165, 1.54) is 32.1 Å². The van der Waals surface area contributed by atoms with Crippen molar-refractivity contribution in [3.8, 4) is 0 Å². The Morgan fingerprint density at radius 2 is 1.67 bits per heavy atom. The molecule has 0 unspecified atom stereocenters. The Morgan fingerprint density at radius 1 is 0.977 bits per heavy atom. The molecule has 1 atom stereocenters. The molecular formula is C29H34N8O4S2. The van der Waals surface area contributed by atoms with Crippen molar-refractivity contribution < 1.29 is 13.2 Å². The number of hydrogen-bond donors (Lipinski definition) is 0. The first-order chi connectivity index (χ1) is 20.6. The molecule has 0 aliphatic carbocycles. The number of fused-ring (bicyclic) bond motifs is 1. The van der Waals surface area contributed by atoms with Gasteiger partial charge in [-0.3, -0.25) is 14.2 Å². The van der Waals surface area contributed by atoms with Gasteiger partial charge in [0, 0.05) is 74.8 Å². The SMILES string of the molecule is Cc1ccc(N2CCN(C(=O)Cn3cnc4sc(C)c(S(=O)(=O)N5CCN(c6ncccn6)CC5)c4c3=O)C[C@@H]2C)cc1. The summed E-state index contributed by atoms with van der Waals surface area (Å²) >= 11 is 1.17. The van der Waals surface area contributed by atoms with Gasteiger partial charge in [0.2, 0.25) is 21.9 Å². The minimum atomic E-state index is -3.99. The smallest absolute Gasteiger partial charge is 0.263 e. The van der Waals surface area contributed by atoms with Gasteiger partial charge < -0.3 is 14.7 Å². The van der Waals surface area contributed by atoms with Crippen LogP contribution in [0.3, 0.4) is 0 Å². The number of carbonyl (C=O) groups is 1. The first kappa shape index (κ1) is 29.2. The molecule has 1 amide bonds. The Balaban J connectivity index is 1.19. The van der Waals surface area contributed by atoms with E-state index in [2.05, 4.69) is 58.0 Å². The van der Waals surface area contributed by atoms with Crippen LogP contribution in [-0.4, -0.2) is 94.9 Å². The highest BCUT2D eigenvalue weighted by molar-refractivity contribution is 7.89. The molecular weight excluding hydrogens is 589 g/mol. The maximum Gasteiger partial charge on any atom is 0.263 e. The Kier molecular flexibility index (Phi) is 7.92. The first-order valence-corrected chi connectivity index (χ1v) is 16.5. The highest BCUT2D eigenvalue weighted by atomic mass is 32.2. The number of benzene rings is 1. The first-order valence-electron chi connectivity index (χ1n) is 14.2. The van der Waals surface area contributed by atoms with Crippen LogP contribution in [0.1, 0.15) is 17.4 Å². The molecule has 12 nitrogen and oxygen atoms in total. The molecule has 43 heavy (non-hydrogen) atoms. The second-order valence-corrected chi connectivity index (χ2v) is 14.1. The number of piperazine rings is 2. The third kappa shape index (κ3) is 5.61. The quantitative estimate of drug-likeness (QED) is 0.318. The fraction of sp³-hybridized carbons (Fsp3) is 0.414. The summed E-state index contributed by atoms with van der Waals surface area (Å²) in [4.78, 5) is 46.8. The number of aryl methyl sites for hydroxylation is 2. The molecule has 226 valence electrons. The van der Waals surface area contributed by atoms with Gasteiger partial charge in [0.05, 0.1) is 11.7 Å². The summed E-state index contributed by atoms with van der Waals surface area (Å²) in [6, 6.07) is 10.2. The number of sulfonamides is 1. The number of nitrogens with zero attached hydrogens (tertiary/aromatic N) is 8. The van der Waals surface area contributed by atoms with Crippen molar-refractivity contribution in [2.45, 2.75) is 38.3 Å². The largest absolute Gasteiger partial charge is 0.365 e. The molecule has 4 aromatic rings. The molecule has 2 aliphatic heterocycles. The van der Waals surface area contributed by atoms with Gasteiger partial charge in [-0.1, -0.05) is 17.7 Å². The Hall–Kier alpha value is -3.88. The zero-order valence-corrected chi connectivity index (χ0v) is 26.0. The summed E-state index contributed by atoms with van der Waals surface area (Å²) in [6.07, 6.45) is 4.65. The standard InChI is InChI=1S/C29H34N8O4S2/c1-20-5-7-23(8-6-20)37-16-13-34(17-21(37)2)24(38)18-35-19-32-27-25(28(35)39)26(22(3)42-27)43(40,41)36-14-11-33(12-15-36)29-30-9-4-10-31-29/h4-10,19,21H,11-18H2,1-3H3/t21-/m0/s1. The van der Waals surface area contributed by atoms with E-state index in [-0.39, 0.29) is 41.9 Å². The van der Waals surface area contributed by atoms with E-state index in [0.717, 1.165) is 5.69 Å². The Morgan fingerprint density at radius 3 is 2.35 bits per heavy atom. The van der Waals surface area contributed by atoms with Crippen molar-refractivity contribution >= 4 is 49.1 Å². The molecule has 6 rings (SSSR count). The molecule has 14 heteroatoms. The summed E-state index contributed by atoms with van der Waals surface area (Å²) in [5.41, 5.74) is 1.79. The topological polar surface area (TPSA) is 125 Å². The van der Waals surface area contributed by atoms with Crippen molar-refractivity contribution in [3.63, 3.8) is 0 Å². The van der Waals surface area contributed by atoms with Crippen LogP contribution < -0.4 is 15.4 Å². The van der Waals surface area contributed by atoms with E-state index in [1.54, 1.807) is 30.3 Å². The number of thiophene rings is 1. The normalized spacial score (nSPS) is 18.4. The average molecular weight is 623 g/mol. The number of carbonyl (C=O) groups excluding carboxylic acids is 1. The Bertz CT molecular complexity index is 1800.